The second-order valence-corrected chi connectivity index (χ2v) is 8.48. The number of carbonyl (C=O) groups excluding carboxylic acids is 1. The molecule has 1 aromatic rings. The van der Waals surface area contributed by atoms with Gasteiger partial charge in [0.2, 0.25) is 5.13 Å². The first kappa shape index (κ1) is 18.0. The van der Waals surface area contributed by atoms with Crippen molar-refractivity contribution in [3.63, 3.8) is 0 Å². The van der Waals surface area contributed by atoms with E-state index in [1.165, 1.54) is 0 Å². The quantitative estimate of drug-likeness (QED) is 0.911. The second-order valence-electron chi connectivity index (χ2n) is 7.49. The maximum Gasteiger partial charge on any atom is 0.407 e. The normalized spacial score (nSPS) is 22.3. The van der Waals surface area contributed by atoms with Crippen LogP contribution in [0.15, 0.2) is 0 Å². The fourth-order valence-corrected chi connectivity index (χ4v) is 3.61. The molecule has 0 bridgehead atoms. The highest BCUT2D eigenvalue weighted by atomic mass is 32.1. The standard InChI is InChI=1S/C16H28N4O2S/c1-10(2)13-18-19-14(23-13)20-8-7-12(9-11(20)3)17-15(21)22-16(4,5)6/h10-12H,7-9H2,1-6H3,(H,17,21). The number of rotatable bonds is 3. The van der Waals surface area contributed by atoms with Crippen LogP contribution in [0.1, 0.15) is 65.3 Å². The summed E-state index contributed by atoms with van der Waals surface area (Å²) in [6, 6.07) is 0.463. The summed E-state index contributed by atoms with van der Waals surface area (Å²) >= 11 is 1.67. The topological polar surface area (TPSA) is 67.4 Å². The van der Waals surface area contributed by atoms with Crippen LogP contribution in [0, 0.1) is 0 Å². The van der Waals surface area contributed by atoms with Gasteiger partial charge in [0.25, 0.3) is 0 Å². The fourth-order valence-electron chi connectivity index (χ4n) is 2.64. The van der Waals surface area contributed by atoms with Crippen molar-refractivity contribution in [1.82, 2.24) is 15.5 Å². The molecule has 1 amide bonds. The molecule has 0 aromatic carbocycles. The maximum atomic E-state index is 11.9. The van der Waals surface area contributed by atoms with E-state index in [2.05, 4.69) is 41.2 Å². The molecule has 2 unspecified atom stereocenters. The molecule has 1 aromatic heterocycles. The van der Waals surface area contributed by atoms with Crippen molar-refractivity contribution in [2.24, 2.45) is 0 Å². The Morgan fingerprint density at radius 1 is 1.39 bits per heavy atom. The van der Waals surface area contributed by atoms with Gasteiger partial charge < -0.3 is 15.0 Å². The van der Waals surface area contributed by atoms with E-state index in [0.717, 1.165) is 29.5 Å². The Kier molecular flexibility index (Phi) is 5.49. The maximum absolute atomic E-state index is 11.9. The van der Waals surface area contributed by atoms with Crippen LogP contribution < -0.4 is 10.2 Å². The molecule has 0 radical (unpaired) electrons. The number of hydrogen-bond acceptors (Lipinski definition) is 6. The first-order chi connectivity index (χ1) is 10.7. The lowest BCUT2D eigenvalue weighted by Crippen LogP contribution is -2.49. The second kappa shape index (κ2) is 7.03. The molecule has 2 rings (SSSR count). The number of piperidine rings is 1. The third kappa shape index (κ3) is 5.06. The first-order valence-corrected chi connectivity index (χ1v) is 9.07. The van der Waals surface area contributed by atoms with Crippen LogP contribution in [0.3, 0.4) is 0 Å². The zero-order valence-electron chi connectivity index (χ0n) is 14.9. The molecule has 1 fully saturated rings. The Morgan fingerprint density at radius 3 is 2.61 bits per heavy atom. The first-order valence-electron chi connectivity index (χ1n) is 8.25. The van der Waals surface area contributed by atoms with E-state index in [1.54, 1.807) is 11.3 Å². The van der Waals surface area contributed by atoms with Crippen LogP contribution in [0.25, 0.3) is 0 Å². The molecule has 1 aliphatic rings. The van der Waals surface area contributed by atoms with Gasteiger partial charge in [-0.15, -0.1) is 10.2 Å². The van der Waals surface area contributed by atoms with Gasteiger partial charge in [0, 0.05) is 24.5 Å². The molecule has 6 nitrogen and oxygen atoms in total. The Hall–Kier alpha value is -1.37. The minimum atomic E-state index is -0.462. The van der Waals surface area contributed by atoms with E-state index in [0.29, 0.717) is 12.0 Å². The van der Waals surface area contributed by atoms with Crippen molar-refractivity contribution in [1.29, 1.82) is 0 Å². The van der Waals surface area contributed by atoms with Crippen LogP contribution in [-0.4, -0.2) is 40.5 Å². The lowest BCUT2D eigenvalue weighted by atomic mass is 9.99. The fraction of sp³-hybridized carbons (Fsp3) is 0.812. The van der Waals surface area contributed by atoms with Crippen molar-refractivity contribution in [3.05, 3.63) is 5.01 Å². The highest BCUT2D eigenvalue weighted by molar-refractivity contribution is 7.15. The average molecular weight is 340 g/mol. The molecule has 1 aliphatic heterocycles. The number of carbonyl (C=O) groups is 1. The molecule has 0 aliphatic carbocycles. The lowest BCUT2D eigenvalue weighted by molar-refractivity contribution is 0.0494. The summed E-state index contributed by atoms with van der Waals surface area (Å²) in [6.45, 7) is 12.9. The van der Waals surface area contributed by atoms with Crippen LogP contribution in [0.5, 0.6) is 0 Å². The molecule has 7 heteroatoms. The molecule has 2 atom stereocenters. The summed E-state index contributed by atoms with van der Waals surface area (Å²) in [4.78, 5) is 14.2. The van der Waals surface area contributed by atoms with E-state index in [1.807, 2.05) is 20.8 Å². The van der Waals surface area contributed by atoms with Crippen LogP contribution in [0.4, 0.5) is 9.93 Å². The molecular formula is C16H28N4O2S. The zero-order chi connectivity index (χ0) is 17.2. The van der Waals surface area contributed by atoms with Crippen LogP contribution >= 0.6 is 11.3 Å². The van der Waals surface area contributed by atoms with Gasteiger partial charge >= 0.3 is 6.09 Å². The molecule has 1 saturated heterocycles. The predicted octanol–water partition coefficient (Wildman–Crippen LogP) is 3.54. The van der Waals surface area contributed by atoms with E-state index < -0.39 is 5.60 Å². The van der Waals surface area contributed by atoms with Gasteiger partial charge in [-0.25, -0.2) is 4.79 Å². The Morgan fingerprint density at radius 2 is 2.09 bits per heavy atom. The number of aromatic nitrogens is 2. The van der Waals surface area contributed by atoms with E-state index in [4.69, 9.17) is 4.74 Å². The van der Waals surface area contributed by atoms with E-state index >= 15 is 0 Å². The van der Waals surface area contributed by atoms with Gasteiger partial charge in [-0.3, -0.25) is 0 Å². The summed E-state index contributed by atoms with van der Waals surface area (Å²) in [6.07, 6.45) is 1.44. The Bertz CT molecular complexity index is 538. The Balaban J connectivity index is 1.90. The van der Waals surface area contributed by atoms with E-state index in [-0.39, 0.29) is 12.1 Å². The molecule has 0 spiro atoms. The lowest BCUT2D eigenvalue weighted by Gasteiger charge is -2.37. The van der Waals surface area contributed by atoms with Gasteiger partial charge in [-0.1, -0.05) is 25.2 Å². The van der Waals surface area contributed by atoms with Gasteiger partial charge in [-0.2, -0.15) is 0 Å². The third-order valence-electron chi connectivity index (χ3n) is 3.77. The highest BCUT2D eigenvalue weighted by Gasteiger charge is 2.29. The van der Waals surface area contributed by atoms with E-state index in [9.17, 15) is 4.79 Å². The number of amides is 1. The monoisotopic (exact) mass is 340 g/mol. The summed E-state index contributed by atoms with van der Waals surface area (Å²) in [5, 5.41) is 13.6. The van der Waals surface area contributed by atoms with Crippen molar-refractivity contribution in [2.75, 3.05) is 11.4 Å². The average Bonchev–Trinajstić information content (AvgIpc) is 2.85. The minimum absolute atomic E-state index is 0.147. The SMILES string of the molecule is CC(C)c1nnc(N2CCC(NC(=O)OC(C)(C)C)CC2C)s1. The minimum Gasteiger partial charge on any atom is -0.444 e. The third-order valence-corrected chi connectivity index (χ3v) is 5.03. The van der Waals surface area contributed by atoms with Crippen molar-refractivity contribution >= 4 is 22.6 Å². The van der Waals surface area contributed by atoms with Crippen molar-refractivity contribution in [3.8, 4) is 0 Å². The van der Waals surface area contributed by atoms with Gasteiger partial charge in [-0.05, 0) is 40.5 Å². The van der Waals surface area contributed by atoms with Gasteiger partial charge in [0.15, 0.2) is 0 Å². The summed E-state index contributed by atoms with van der Waals surface area (Å²) < 4.78 is 5.33. The largest absolute Gasteiger partial charge is 0.444 e. The predicted molar refractivity (Wildman–Crippen MR) is 93.2 cm³/mol. The molecule has 23 heavy (non-hydrogen) atoms. The van der Waals surface area contributed by atoms with Crippen LogP contribution in [-0.2, 0) is 4.74 Å². The summed E-state index contributed by atoms with van der Waals surface area (Å²) in [5.41, 5.74) is -0.462. The van der Waals surface area contributed by atoms with Crippen molar-refractivity contribution in [2.45, 2.75) is 78.0 Å². The van der Waals surface area contributed by atoms with Crippen LogP contribution in [0.2, 0.25) is 0 Å². The van der Waals surface area contributed by atoms with Gasteiger partial charge in [0.05, 0.1) is 0 Å². The number of hydrogen-bond donors (Lipinski definition) is 1. The van der Waals surface area contributed by atoms with Gasteiger partial charge in [0.1, 0.15) is 10.6 Å². The highest BCUT2D eigenvalue weighted by Crippen LogP contribution is 2.30. The number of ether oxygens (including phenoxy) is 1. The number of anilines is 1. The number of nitrogens with one attached hydrogen (secondary N) is 1. The Labute approximate surface area is 142 Å². The summed E-state index contributed by atoms with van der Waals surface area (Å²) in [5.74, 6) is 0.405. The number of nitrogens with zero attached hydrogens (tertiary/aromatic N) is 3. The number of alkyl carbamates (subject to hydrolysis) is 1. The molecule has 0 saturated carbocycles. The smallest absolute Gasteiger partial charge is 0.407 e. The molecule has 1 N–H and O–H groups in total. The molecular weight excluding hydrogens is 312 g/mol. The molecule has 2 heterocycles. The summed E-state index contributed by atoms with van der Waals surface area (Å²) in [7, 11) is 0. The zero-order valence-corrected chi connectivity index (χ0v) is 15.7. The molecule has 130 valence electrons. The van der Waals surface area contributed by atoms with Crippen molar-refractivity contribution < 1.29 is 9.53 Å².